The summed E-state index contributed by atoms with van der Waals surface area (Å²) in [5, 5.41) is 10.6. The molecule has 0 atom stereocenters. The van der Waals surface area contributed by atoms with E-state index in [9.17, 15) is 5.11 Å². The van der Waals surface area contributed by atoms with E-state index in [4.69, 9.17) is 0 Å². The van der Waals surface area contributed by atoms with Gasteiger partial charge in [0.1, 0.15) is 0 Å². The van der Waals surface area contributed by atoms with Gasteiger partial charge in [-0.1, -0.05) is 29.8 Å². The zero-order valence-corrected chi connectivity index (χ0v) is 7.84. The van der Waals surface area contributed by atoms with E-state index >= 15 is 0 Å². The Hall–Kier alpha value is -0.214. The molecule has 1 nitrogen and oxygen atoms in total. The van der Waals surface area contributed by atoms with E-state index in [1.54, 1.807) is 12.1 Å². The molecule has 0 heterocycles. The molecule has 0 aliphatic carbocycles. The van der Waals surface area contributed by atoms with E-state index in [0.717, 1.165) is 5.56 Å². The van der Waals surface area contributed by atoms with Crippen LogP contribution in [0.2, 0.25) is 0 Å². The Morgan fingerprint density at radius 2 is 1.70 bits per heavy atom. The first-order chi connectivity index (χ1) is 3.80. The molecule has 0 fully saturated rings. The van der Waals surface area contributed by atoms with Gasteiger partial charge in [0.05, 0.1) is 0 Å². The van der Waals surface area contributed by atoms with Gasteiger partial charge in [-0.15, -0.1) is 5.75 Å². The van der Waals surface area contributed by atoms with Crippen LogP contribution in [0.3, 0.4) is 0 Å². The van der Waals surface area contributed by atoms with Gasteiger partial charge >= 0.3 is 23.1 Å². The number of para-hydroxylation sites is 1. The zero-order valence-electron chi connectivity index (χ0n) is 6.42. The van der Waals surface area contributed by atoms with Crippen molar-refractivity contribution in [1.29, 1.82) is 0 Å². The van der Waals surface area contributed by atoms with Crippen LogP contribution in [0.5, 0.6) is 5.75 Å². The third-order valence-corrected chi connectivity index (χ3v) is 1.09. The van der Waals surface area contributed by atoms with E-state index in [2.05, 4.69) is 0 Å². The van der Waals surface area contributed by atoms with Crippen molar-refractivity contribution in [1.82, 2.24) is 0 Å². The first kappa shape index (κ1) is 12.5. The van der Waals surface area contributed by atoms with Crippen molar-refractivity contribution in [2.24, 2.45) is 0 Å². The minimum Gasteiger partial charge on any atom is -0.872 e. The average Bonchev–Trinajstić information content (AvgIpc) is 1.77. The van der Waals surface area contributed by atoms with Crippen LogP contribution in [0.1, 0.15) is 5.56 Å². The van der Waals surface area contributed by atoms with Gasteiger partial charge in [-0.05, 0) is 6.92 Å². The monoisotopic (exact) mass is 146 g/mol. The molecule has 2 heteroatoms. The number of rotatable bonds is 0. The fourth-order valence-corrected chi connectivity index (χ4v) is 0.556. The van der Waals surface area contributed by atoms with Crippen LogP contribution in [-0.2, 0) is 0 Å². The van der Waals surface area contributed by atoms with E-state index in [-0.39, 0.29) is 36.2 Å². The molecule has 0 aliphatic heterocycles. The predicted octanol–water partition coefficient (Wildman–Crippen LogP) is 1.14. The zero-order chi connectivity index (χ0) is 5.98. The first-order valence-corrected chi connectivity index (χ1v) is 2.53. The number of aryl methyl sites for hydroxylation is 1. The van der Waals surface area contributed by atoms with Gasteiger partial charge in [-0.25, -0.2) is 0 Å². The molecule has 0 aliphatic rings. The largest absolute Gasteiger partial charge is 2.00 e. The minimum atomic E-state index is 0. The normalized spacial score (nSPS) is 7.30. The summed E-state index contributed by atoms with van der Waals surface area (Å²) in [4.78, 5) is 0. The Labute approximate surface area is 78.2 Å². The van der Waals surface area contributed by atoms with Gasteiger partial charge in [-0.3, -0.25) is 0 Å². The Morgan fingerprint density at radius 1 is 1.20 bits per heavy atom. The van der Waals surface area contributed by atoms with Crippen molar-refractivity contribution < 1.29 is 5.11 Å². The van der Waals surface area contributed by atoms with Crippen LogP contribution in [0.4, 0.5) is 0 Å². The Balaban J connectivity index is 0. The summed E-state index contributed by atoms with van der Waals surface area (Å²) in [6.07, 6.45) is 0. The molecule has 0 bridgehead atoms. The van der Waals surface area contributed by atoms with Gasteiger partial charge in [-0.2, -0.15) is 0 Å². The fourth-order valence-electron chi connectivity index (χ4n) is 0.556. The van der Waals surface area contributed by atoms with Crippen LogP contribution in [0, 0.1) is 14.4 Å². The van der Waals surface area contributed by atoms with Crippen LogP contribution >= 0.6 is 0 Å². The second kappa shape index (κ2) is 5.56. The third-order valence-electron chi connectivity index (χ3n) is 1.09. The molecule has 0 unspecified atom stereocenters. The van der Waals surface area contributed by atoms with Crippen LogP contribution < -0.4 is 5.11 Å². The molecule has 1 aromatic rings. The molecule has 1 rings (SSSR count). The van der Waals surface area contributed by atoms with E-state index in [0.29, 0.717) is 0 Å². The molecule has 0 saturated heterocycles. The summed E-state index contributed by atoms with van der Waals surface area (Å²) in [6, 6.07) is 6.98. The van der Waals surface area contributed by atoms with Gasteiger partial charge < -0.3 is 12.5 Å². The van der Waals surface area contributed by atoms with Crippen molar-refractivity contribution in [3.05, 3.63) is 37.3 Å². The maximum atomic E-state index is 10.6. The summed E-state index contributed by atoms with van der Waals surface area (Å²) < 4.78 is 0. The number of hydrogen-bond donors (Lipinski definition) is 0. The molecule has 0 spiro atoms. The topological polar surface area (TPSA) is 23.1 Å². The summed E-state index contributed by atoms with van der Waals surface area (Å²) in [7, 11) is 0. The third kappa shape index (κ3) is 3.08. The number of hydrogen-bond acceptors (Lipinski definition) is 1. The molecule has 0 radical (unpaired) electrons. The molecule has 10 heavy (non-hydrogen) atoms. The smallest absolute Gasteiger partial charge is 0.872 e. The molecule has 50 valence electrons. The van der Waals surface area contributed by atoms with Crippen molar-refractivity contribution in [3.8, 4) is 5.75 Å². The maximum absolute atomic E-state index is 10.6. The molecule has 0 N–H and O–H groups in total. The van der Waals surface area contributed by atoms with E-state index in [1.165, 1.54) is 0 Å². The van der Waals surface area contributed by atoms with Crippen molar-refractivity contribution >= 4 is 23.1 Å². The summed E-state index contributed by atoms with van der Waals surface area (Å²) in [5.74, 6) is 0.118. The second-order valence-electron chi connectivity index (χ2n) is 1.77. The maximum Gasteiger partial charge on any atom is 2.00 e. The van der Waals surface area contributed by atoms with Crippen LogP contribution in [0.25, 0.3) is 0 Å². The van der Waals surface area contributed by atoms with Crippen molar-refractivity contribution in [3.63, 3.8) is 0 Å². The molecule has 0 amide bonds. The van der Waals surface area contributed by atoms with Crippen LogP contribution in [-0.4, -0.2) is 23.1 Å². The standard InChI is InChI=1S/C7H8O.CH3.Mg/c1-6-4-2-3-5-7(6)8;;/h2-5,8H,1H3;1H3;/q;-1;+2/p-1. The summed E-state index contributed by atoms with van der Waals surface area (Å²) in [5.41, 5.74) is 0.813. The molecule has 0 saturated carbocycles. The van der Waals surface area contributed by atoms with Gasteiger partial charge in [0, 0.05) is 0 Å². The summed E-state index contributed by atoms with van der Waals surface area (Å²) >= 11 is 0. The molecule has 1 aromatic carbocycles. The van der Waals surface area contributed by atoms with E-state index in [1.807, 2.05) is 19.1 Å². The fraction of sp³-hybridized carbons (Fsp3) is 0.125. The SMILES string of the molecule is Cc1ccccc1[O-].[CH3-].[Mg+2]. The first-order valence-electron chi connectivity index (χ1n) is 2.53. The predicted molar refractivity (Wildman–Crippen MR) is 42.8 cm³/mol. The van der Waals surface area contributed by atoms with Crippen molar-refractivity contribution in [2.75, 3.05) is 0 Å². The average molecular weight is 146 g/mol. The van der Waals surface area contributed by atoms with Gasteiger partial charge in [0.25, 0.3) is 0 Å². The molecular formula is C8H10MgO. The van der Waals surface area contributed by atoms with Gasteiger partial charge in [0.2, 0.25) is 0 Å². The summed E-state index contributed by atoms with van der Waals surface area (Å²) in [6.45, 7) is 1.81. The second-order valence-corrected chi connectivity index (χ2v) is 1.77. The Bertz CT molecular complexity index is 165. The quantitative estimate of drug-likeness (QED) is 0.398. The Morgan fingerprint density at radius 3 is 2.00 bits per heavy atom. The molecule has 0 aromatic heterocycles. The van der Waals surface area contributed by atoms with Crippen LogP contribution in [0.15, 0.2) is 24.3 Å². The minimum absolute atomic E-state index is 0. The van der Waals surface area contributed by atoms with E-state index < -0.39 is 0 Å². The van der Waals surface area contributed by atoms with Gasteiger partial charge in [0.15, 0.2) is 0 Å². The van der Waals surface area contributed by atoms with Crippen molar-refractivity contribution in [2.45, 2.75) is 6.92 Å². The molecular weight excluding hydrogens is 136 g/mol. The Kier molecular flexibility index (Phi) is 6.93. The number of benzene rings is 1.